The quantitative estimate of drug-likeness (QED) is 0.664. The summed E-state index contributed by atoms with van der Waals surface area (Å²) < 4.78 is 6.00. The molecule has 1 fully saturated rings. The fraction of sp³-hybridized carbons (Fsp3) is 0.429. The van der Waals surface area contributed by atoms with Crippen molar-refractivity contribution < 1.29 is 4.74 Å². The number of rotatable bonds is 2. The van der Waals surface area contributed by atoms with Gasteiger partial charge in [-0.05, 0) is 25.3 Å². The van der Waals surface area contributed by atoms with Crippen LogP contribution in [0.4, 0.5) is 0 Å². The van der Waals surface area contributed by atoms with E-state index in [2.05, 4.69) is 37.8 Å². The fourth-order valence-electron chi connectivity index (χ4n) is 2.23. The highest BCUT2D eigenvalue weighted by Crippen LogP contribution is 2.34. The molecule has 0 aliphatic carbocycles. The molecule has 1 aliphatic rings. The average molecular weight is 202 g/mol. The molecule has 1 heterocycles. The summed E-state index contributed by atoms with van der Waals surface area (Å²) in [6, 6.07) is 10.5. The van der Waals surface area contributed by atoms with Gasteiger partial charge in [-0.15, -0.1) is 6.58 Å². The second-order valence-electron chi connectivity index (χ2n) is 4.22. The lowest BCUT2D eigenvalue weighted by molar-refractivity contribution is -0.0632. The summed E-state index contributed by atoms with van der Waals surface area (Å²) in [5, 5.41) is 0. The Kier molecular flexibility index (Phi) is 3.22. The van der Waals surface area contributed by atoms with E-state index in [1.807, 2.05) is 12.1 Å². The Morgan fingerprint density at radius 3 is 2.60 bits per heavy atom. The van der Waals surface area contributed by atoms with Crippen molar-refractivity contribution in [2.75, 3.05) is 0 Å². The van der Waals surface area contributed by atoms with Crippen molar-refractivity contribution in [3.05, 3.63) is 48.6 Å². The van der Waals surface area contributed by atoms with Crippen molar-refractivity contribution in [2.45, 2.75) is 32.0 Å². The third kappa shape index (κ3) is 2.29. The van der Waals surface area contributed by atoms with Gasteiger partial charge >= 0.3 is 0 Å². The summed E-state index contributed by atoms with van der Waals surface area (Å²) in [5.41, 5.74) is 1.30. The van der Waals surface area contributed by atoms with Crippen LogP contribution in [0.25, 0.3) is 0 Å². The number of hydrogen-bond donors (Lipinski definition) is 0. The summed E-state index contributed by atoms with van der Waals surface area (Å²) in [7, 11) is 0. The van der Waals surface area contributed by atoms with Crippen LogP contribution >= 0.6 is 0 Å². The molecule has 0 saturated carbocycles. The maximum absolute atomic E-state index is 6.00. The van der Waals surface area contributed by atoms with Gasteiger partial charge in [0, 0.05) is 5.92 Å². The smallest absolute Gasteiger partial charge is 0.0829 e. The molecule has 0 N–H and O–H groups in total. The molecule has 15 heavy (non-hydrogen) atoms. The molecule has 1 heteroatoms. The standard InChI is InChI=1S/C14H18O/c1-3-12-9-10-14(15-11(12)2)13-7-5-4-6-8-13/h3-8,11-12,14H,1,9-10H2,2H3. The van der Waals surface area contributed by atoms with E-state index in [0.29, 0.717) is 12.0 Å². The molecule has 3 unspecified atom stereocenters. The second-order valence-corrected chi connectivity index (χ2v) is 4.22. The highest BCUT2D eigenvalue weighted by atomic mass is 16.5. The first-order valence-electron chi connectivity index (χ1n) is 5.64. The van der Waals surface area contributed by atoms with Crippen LogP contribution in [0.3, 0.4) is 0 Å². The molecule has 2 rings (SSSR count). The summed E-state index contributed by atoms with van der Waals surface area (Å²) in [6.07, 6.45) is 4.88. The number of hydrogen-bond acceptors (Lipinski definition) is 1. The van der Waals surface area contributed by atoms with Gasteiger partial charge in [-0.3, -0.25) is 0 Å². The average Bonchev–Trinajstić information content (AvgIpc) is 2.30. The van der Waals surface area contributed by atoms with Crippen LogP contribution in [0.5, 0.6) is 0 Å². The Morgan fingerprint density at radius 1 is 1.27 bits per heavy atom. The molecule has 0 radical (unpaired) electrons. The predicted octanol–water partition coefficient (Wildman–Crippen LogP) is 3.73. The van der Waals surface area contributed by atoms with Crippen LogP contribution in [0.15, 0.2) is 43.0 Å². The Balaban J connectivity index is 2.06. The van der Waals surface area contributed by atoms with Crippen molar-refractivity contribution in [2.24, 2.45) is 5.92 Å². The van der Waals surface area contributed by atoms with Gasteiger partial charge in [0.1, 0.15) is 0 Å². The van der Waals surface area contributed by atoms with E-state index in [1.165, 1.54) is 12.0 Å². The zero-order valence-electron chi connectivity index (χ0n) is 9.23. The normalized spacial score (nSPS) is 31.1. The Hall–Kier alpha value is -1.08. The fourth-order valence-corrected chi connectivity index (χ4v) is 2.23. The van der Waals surface area contributed by atoms with Gasteiger partial charge in [0.05, 0.1) is 12.2 Å². The Morgan fingerprint density at radius 2 is 2.00 bits per heavy atom. The van der Waals surface area contributed by atoms with Crippen molar-refractivity contribution >= 4 is 0 Å². The monoisotopic (exact) mass is 202 g/mol. The maximum atomic E-state index is 6.00. The van der Waals surface area contributed by atoms with Gasteiger partial charge in [-0.25, -0.2) is 0 Å². The minimum absolute atomic E-state index is 0.275. The van der Waals surface area contributed by atoms with E-state index < -0.39 is 0 Å². The van der Waals surface area contributed by atoms with Gasteiger partial charge in [-0.2, -0.15) is 0 Å². The van der Waals surface area contributed by atoms with E-state index in [-0.39, 0.29) is 6.10 Å². The van der Waals surface area contributed by atoms with E-state index in [1.54, 1.807) is 0 Å². The third-order valence-electron chi connectivity index (χ3n) is 3.22. The molecule has 1 aromatic carbocycles. The summed E-state index contributed by atoms with van der Waals surface area (Å²) in [6.45, 7) is 5.99. The lowest BCUT2D eigenvalue weighted by atomic mass is 9.90. The predicted molar refractivity (Wildman–Crippen MR) is 62.7 cm³/mol. The van der Waals surface area contributed by atoms with Gasteiger partial charge in [-0.1, -0.05) is 36.4 Å². The van der Waals surface area contributed by atoms with Crippen LogP contribution in [0.1, 0.15) is 31.4 Å². The van der Waals surface area contributed by atoms with Crippen LogP contribution < -0.4 is 0 Å². The Bertz CT molecular complexity index is 317. The minimum atomic E-state index is 0.275. The summed E-state index contributed by atoms with van der Waals surface area (Å²) in [5.74, 6) is 0.518. The molecule has 0 spiro atoms. The summed E-state index contributed by atoms with van der Waals surface area (Å²) >= 11 is 0. The first-order chi connectivity index (χ1) is 7.31. The van der Waals surface area contributed by atoms with Gasteiger partial charge in [0.2, 0.25) is 0 Å². The lowest BCUT2D eigenvalue weighted by Crippen LogP contribution is -2.27. The SMILES string of the molecule is C=CC1CCC(c2ccccc2)OC1C. The molecule has 1 aromatic rings. The van der Waals surface area contributed by atoms with Crippen molar-refractivity contribution in [1.82, 2.24) is 0 Å². The molecule has 80 valence electrons. The zero-order chi connectivity index (χ0) is 10.7. The van der Waals surface area contributed by atoms with Crippen molar-refractivity contribution in [1.29, 1.82) is 0 Å². The minimum Gasteiger partial charge on any atom is -0.370 e. The van der Waals surface area contributed by atoms with E-state index >= 15 is 0 Å². The molecule has 0 amide bonds. The summed E-state index contributed by atoms with van der Waals surface area (Å²) in [4.78, 5) is 0. The van der Waals surface area contributed by atoms with Crippen LogP contribution in [-0.4, -0.2) is 6.10 Å². The van der Waals surface area contributed by atoms with Crippen molar-refractivity contribution in [3.63, 3.8) is 0 Å². The molecule has 0 aromatic heterocycles. The third-order valence-corrected chi connectivity index (χ3v) is 3.22. The second kappa shape index (κ2) is 4.63. The largest absolute Gasteiger partial charge is 0.370 e. The molecule has 0 bridgehead atoms. The highest BCUT2D eigenvalue weighted by molar-refractivity contribution is 5.18. The van der Waals surface area contributed by atoms with Gasteiger partial charge < -0.3 is 4.74 Å². The van der Waals surface area contributed by atoms with Crippen LogP contribution in [0, 0.1) is 5.92 Å². The van der Waals surface area contributed by atoms with E-state index in [9.17, 15) is 0 Å². The van der Waals surface area contributed by atoms with Gasteiger partial charge in [0.15, 0.2) is 0 Å². The van der Waals surface area contributed by atoms with Crippen LogP contribution in [-0.2, 0) is 4.74 Å². The van der Waals surface area contributed by atoms with Crippen molar-refractivity contribution in [3.8, 4) is 0 Å². The first-order valence-corrected chi connectivity index (χ1v) is 5.64. The first kappa shape index (κ1) is 10.4. The molecule has 1 aliphatic heterocycles. The molecule has 1 nitrogen and oxygen atoms in total. The van der Waals surface area contributed by atoms with Crippen LogP contribution in [0.2, 0.25) is 0 Å². The Labute approximate surface area is 91.8 Å². The topological polar surface area (TPSA) is 9.23 Å². The van der Waals surface area contributed by atoms with E-state index in [4.69, 9.17) is 4.74 Å². The highest BCUT2D eigenvalue weighted by Gasteiger charge is 2.26. The van der Waals surface area contributed by atoms with E-state index in [0.717, 1.165) is 6.42 Å². The van der Waals surface area contributed by atoms with Gasteiger partial charge in [0.25, 0.3) is 0 Å². The molecule has 1 saturated heterocycles. The molecular weight excluding hydrogens is 184 g/mol. The maximum Gasteiger partial charge on any atom is 0.0829 e. The number of benzene rings is 1. The molecule has 3 atom stereocenters. The zero-order valence-corrected chi connectivity index (χ0v) is 9.23. The number of ether oxygens (including phenoxy) is 1. The lowest BCUT2D eigenvalue weighted by Gasteiger charge is -2.33. The molecular formula is C14H18O.